The number of esters is 1. The molecule has 7 atom stereocenters. The molecule has 2 saturated carbocycles. The Morgan fingerprint density at radius 3 is 2.92 bits per heavy atom. The molecule has 1 N–H and O–H groups in total. The monoisotopic (exact) mass is 352 g/mol. The van der Waals surface area contributed by atoms with Gasteiger partial charge in [-0.15, -0.1) is 0 Å². The third-order valence-electron chi connectivity index (χ3n) is 7.90. The van der Waals surface area contributed by atoms with Crippen molar-refractivity contribution in [2.24, 2.45) is 23.2 Å². The van der Waals surface area contributed by atoms with Crippen molar-refractivity contribution in [3.05, 3.63) is 0 Å². The van der Waals surface area contributed by atoms with E-state index in [0.717, 1.165) is 13.0 Å². The zero-order chi connectivity index (χ0) is 16.5. The topological polar surface area (TPSA) is 43.3 Å². The lowest BCUT2D eigenvalue weighted by atomic mass is 9.53. The van der Waals surface area contributed by atoms with Crippen molar-refractivity contribution >= 4 is 17.7 Å². The van der Waals surface area contributed by atoms with Crippen LogP contribution >= 0.6 is 11.8 Å². The van der Waals surface area contributed by atoms with Crippen LogP contribution in [0.25, 0.3) is 0 Å². The van der Waals surface area contributed by atoms with Crippen molar-refractivity contribution in [3.63, 3.8) is 0 Å². The Hall–Kier alpha value is -0.260. The molecule has 3 saturated heterocycles. The minimum Gasteiger partial charge on any atom is -0.462 e. The van der Waals surface area contributed by atoms with Crippen LogP contribution in [0, 0.1) is 23.2 Å². The first-order chi connectivity index (χ1) is 11.6. The highest BCUT2D eigenvalue weighted by Crippen LogP contribution is 2.70. The summed E-state index contributed by atoms with van der Waals surface area (Å²) in [6.45, 7) is 8.11. The molecule has 0 unspecified atom stereocenters. The van der Waals surface area contributed by atoms with Gasteiger partial charge in [0.05, 0.1) is 25.7 Å². The number of carbonyl (C=O) groups is 1. The van der Waals surface area contributed by atoms with E-state index >= 15 is 0 Å². The van der Waals surface area contributed by atoms with Gasteiger partial charge in [0.15, 0.2) is 0 Å². The van der Waals surface area contributed by atoms with E-state index in [-0.39, 0.29) is 35.1 Å². The Morgan fingerprint density at radius 1 is 1.33 bits per heavy atom. The lowest BCUT2D eigenvalue weighted by Crippen LogP contribution is -3.14. The molecule has 3 heterocycles. The molecule has 5 heteroatoms. The molecular formula is C19H30NO3S+. The zero-order valence-electron chi connectivity index (χ0n) is 14.9. The number of rotatable bonds is 2. The summed E-state index contributed by atoms with van der Waals surface area (Å²) in [6.07, 6.45) is 5.19. The van der Waals surface area contributed by atoms with E-state index in [2.05, 4.69) is 13.8 Å². The van der Waals surface area contributed by atoms with Crippen molar-refractivity contribution < 1.29 is 19.2 Å². The van der Waals surface area contributed by atoms with E-state index in [0.29, 0.717) is 11.8 Å². The molecule has 24 heavy (non-hydrogen) atoms. The standard InChI is InChI=1S/C19H29NO3S/c1-12-4-3-5-18(2)10-14-15(16-19(12,18)23-16)13(17(21)22-14)11-20-6-8-24-9-7-20/h12-16H,3-11H2,1-2H3/p+1/t12-,13+,14-,15-,16+,18-,19+/m1/s1. The van der Waals surface area contributed by atoms with Gasteiger partial charge in [0.1, 0.15) is 17.6 Å². The van der Waals surface area contributed by atoms with Crippen molar-refractivity contribution in [1.29, 1.82) is 0 Å². The molecule has 0 amide bonds. The molecule has 134 valence electrons. The van der Waals surface area contributed by atoms with Crippen LogP contribution < -0.4 is 4.90 Å². The molecule has 0 aromatic rings. The Balaban J connectivity index is 1.40. The highest BCUT2D eigenvalue weighted by molar-refractivity contribution is 7.99. The number of carbonyl (C=O) groups excluding carboxylic acids is 1. The molecule has 3 aliphatic heterocycles. The predicted octanol–water partition coefficient (Wildman–Crippen LogP) is 1.14. The number of thioether (sulfide) groups is 1. The second-order valence-corrected chi connectivity index (χ2v) is 10.3. The molecule has 0 radical (unpaired) electrons. The fraction of sp³-hybridized carbons (Fsp3) is 0.947. The van der Waals surface area contributed by atoms with E-state index in [4.69, 9.17) is 9.47 Å². The summed E-state index contributed by atoms with van der Waals surface area (Å²) in [5.74, 6) is 3.52. The maximum absolute atomic E-state index is 12.7. The zero-order valence-corrected chi connectivity index (χ0v) is 15.7. The van der Waals surface area contributed by atoms with E-state index in [1.807, 2.05) is 11.8 Å². The Kier molecular flexibility index (Phi) is 3.57. The fourth-order valence-electron chi connectivity index (χ4n) is 6.64. The number of hydrogen-bond donors (Lipinski definition) is 1. The van der Waals surface area contributed by atoms with Crippen LogP contribution in [-0.2, 0) is 14.3 Å². The quantitative estimate of drug-likeness (QED) is 0.598. The number of ether oxygens (including phenoxy) is 2. The van der Waals surface area contributed by atoms with E-state index in [1.54, 1.807) is 4.90 Å². The van der Waals surface area contributed by atoms with Crippen LogP contribution in [-0.4, -0.2) is 54.9 Å². The SMILES string of the molecule is C[C@@H]1CCC[C@]2(C)C[C@H]3OC(=O)[C@@H](C[NH+]4CCSCC4)[C@H]3[C@@H]3O[C@@]132. The van der Waals surface area contributed by atoms with Crippen molar-refractivity contribution in [2.45, 2.75) is 57.3 Å². The summed E-state index contributed by atoms with van der Waals surface area (Å²) >= 11 is 2.04. The first-order valence-corrected chi connectivity index (χ1v) is 11.0. The van der Waals surface area contributed by atoms with Gasteiger partial charge < -0.3 is 14.4 Å². The van der Waals surface area contributed by atoms with Gasteiger partial charge in [-0.3, -0.25) is 4.79 Å². The third kappa shape index (κ3) is 2.04. The summed E-state index contributed by atoms with van der Waals surface area (Å²) in [7, 11) is 0. The molecule has 5 aliphatic rings. The van der Waals surface area contributed by atoms with E-state index < -0.39 is 0 Å². The molecule has 0 aromatic carbocycles. The molecule has 0 bridgehead atoms. The highest BCUT2D eigenvalue weighted by atomic mass is 32.2. The van der Waals surface area contributed by atoms with Crippen molar-refractivity contribution in [2.75, 3.05) is 31.1 Å². The molecule has 5 rings (SSSR count). The van der Waals surface area contributed by atoms with Crippen LogP contribution in [0.4, 0.5) is 0 Å². The maximum Gasteiger partial charge on any atom is 0.315 e. The number of nitrogens with one attached hydrogen (secondary N) is 1. The van der Waals surface area contributed by atoms with Crippen LogP contribution in [0.5, 0.6) is 0 Å². The van der Waals surface area contributed by atoms with Gasteiger partial charge in [-0.1, -0.05) is 20.3 Å². The van der Waals surface area contributed by atoms with Crippen molar-refractivity contribution in [1.82, 2.24) is 0 Å². The molecule has 4 nitrogen and oxygen atoms in total. The van der Waals surface area contributed by atoms with Gasteiger partial charge in [-0.2, -0.15) is 11.8 Å². The van der Waals surface area contributed by atoms with E-state index in [1.165, 1.54) is 43.9 Å². The average Bonchev–Trinajstić information content (AvgIpc) is 3.24. The van der Waals surface area contributed by atoms with Gasteiger partial charge in [0.25, 0.3) is 0 Å². The Bertz CT molecular complexity index is 551. The van der Waals surface area contributed by atoms with Crippen LogP contribution in [0.1, 0.15) is 39.5 Å². The van der Waals surface area contributed by atoms with Crippen LogP contribution in [0.2, 0.25) is 0 Å². The molecule has 2 aliphatic carbocycles. The number of hydrogen-bond acceptors (Lipinski definition) is 4. The second-order valence-electron chi connectivity index (χ2n) is 9.12. The number of epoxide rings is 1. The smallest absolute Gasteiger partial charge is 0.315 e. The normalized spacial score (nSPS) is 53.8. The molecular weight excluding hydrogens is 322 g/mol. The maximum atomic E-state index is 12.7. The fourth-order valence-corrected chi connectivity index (χ4v) is 7.71. The molecule has 5 fully saturated rings. The minimum absolute atomic E-state index is 0.0474. The first-order valence-electron chi connectivity index (χ1n) is 9.85. The second kappa shape index (κ2) is 5.37. The van der Waals surface area contributed by atoms with Crippen LogP contribution in [0.15, 0.2) is 0 Å². The van der Waals surface area contributed by atoms with Gasteiger partial charge in [0, 0.05) is 22.8 Å². The highest BCUT2D eigenvalue weighted by Gasteiger charge is 2.78. The summed E-state index contributed by atoms with van der Waals surface area (Å²) in [5.41, 5.74) is 0.256. The Labute approximate surface area is 149 Å². The summed E-state index contributed by atoms with van der Waals surface area (Å²) in [5, 5.41) is 0. The van der Waals surface area contributed by atoms with Gasteiger partial charge in [-0.05, 0) is 25.2 Å². The largest absolute Gasteiger partial charge is 0.462 e. The van der Waals surface area contributed by atoms with Crippen molar-refractivity contribution in [3.8, 4) is 0 Å². The minimum atomic E-state index is 0.0474. The summed E-state index contributed by atoms with van der Waals surface area (Å²) in [4.78, 5) is 14.3. The van der Waals surface area contributed by atoms with Gasteiger partial charge in [-0.25, -0.2) is 0 Å². The van der Waals surface area contributed by atoms with E-state index in [9.17, 15) is 4.79 Å². The number of quaternary nitrogens is 1. The Morgan fingerprint density at radius 2 is 2.12 bits per heavy atom. The summed E-state index contributed by atoms with van der Waals surface area (Å²) < 4.78 is 12.4. The van der Waals surface area contributed by atoms with Gasteiger partial charge >= 0.3 is 5.97 Å². The van der Waals surface area contributed by atoms with Crippen LogP contribution in [0.3, 0.4) is 0 Å². The summed E-state index contributed by atoms with van der Waals surface area (Å²) in [6, 6.07) is 0. The lowest BCUT2D eigenvalue weighted by molar-refractivity contribution is -0.899. The van der Waals surface area contributed by atoms with Gasteiger partial charge in [0.2, 0.25) is 0 Å². The molecule has 0 aromatic heterocycles. The third-order valence-corrected chi connectivity index (χ3v) is 8.89. The molecule has 1 spiro atoms. The average molecular weight is 353 g/mol. The number of fused-ring (bicyclic) bond motifs is 2. The lowest BCUT2D eigenvalue weighted by Gasteiger charge is -2.48. The predicted molar refractivity (Wildman–Crippen MR) is 93.1 cm³/mol. The first kappa shape index (κ1) is 16.0.